The molecule has 0 bridgehead atoms. The zero-order valence-corrected chi connectivity index (χ0v) is 17.9. The number of benzene rings is 2. The number of rotatable bonds is 9. The topological polar surface area (TPSA) is 20.3 Å². The van der Waals surface area contributed by atoms with Crippen LogP contribution in [-0.4, -0.2) is 35.8 Å². The molecule has 2 aromatic rings. The van der Waals surface area contributed by atoms with E-state index in [1.807, 2.05) is 18.2 Å². The highest BCUT2D eigenvalue weighted by Crippen LogP contribution is 2.46. The zero-order chi connectivity index (χ0) is 19.3. The summed E-state index contributed by atoms with van der Waals surface area (Å²) in [6, 6.07) is 16.1. The summed E-state index contributed by atoms with van der Waals surface area (Å²) in [5.41, 5.74) is 1.99. The van der Waals surface area contributed by atoms with E-state index < -0.39 is 0 Å². The molecular formula is C22H25Cl2NOS. The molecule has 0 radical (unpaired) electrons. The Balaban J connectivity index is 1.48. The zero-order valence-electron chi connectivity index (χ0n) is 15.6. The third-order valence-corrected chi connectivity index (χ3v) is 7.04. The Kier molecular flexibility index (Phi) is 7.27. The molecule has 0 saturated heterocycles. The van der Waals surface area contributed by atoms with Crippen LogP contribution in [0.1, 0.15) is 30.4 Å². The van der Waals surface area contributed by atoms with E-state index in [1.165, 1.54) is 5.56 Å². The highest BCUT2D eigenvalue weighted by atomic mass is 35.5. The first-order valence-electron chi connectivity index (χ1n) is 9.30. The van der Waals surface area contributed by atoms with Crippen LogP contribution in [-0.2, 0) is 16.8 Å². The number of nitrogens with zero attached hydrogens (tertiary/aromatic N) is 1. The Morgan fingerprint density at radius 1 is 1.11 bits per heavy atom. The van der Waals surface area contributed by atoms with Gasteiger partial charge in [0.2, 0.25) is 0 Å². The lowest BCUT2D eigenvalue weighted by atomic mass is 9.62. The minimum absolute atomic E-state index is 0.322. The average molecular weight is 422 g/mol. The number of carbonyl (C=O) groups excluding carboxylic acids is 1. The van der Waals surface area contributed by atoms with Crippen molar-refractivity contribution in [3.05, 3.63) is 69.7 Å². The van der Waals surface area contributed by atoms with Crippen molar-refractivity contribution in [2.45, 2.75) is 31.2 Å². The fraction of sp³-hybridized carbons (Fsp3) is 0.409. The highest BCUT2D eigenvalue weighted by molar-refractivity contribution is 7.99. The maximum Gasteiger partial charge on any atom is 0.153 e. The number of hydrogen-bond donors (Lipinski definition) is 0. The van der Waals surface area contributed by atoms with Gasteiger partial charge in [0.15, 0.2) is 5.78 Å². The molecule has 1 saturated carbocycles. The van der Waals surface area contributed by atoms with E-state index in [-0.39, 0.29) is 5.41 Å². The van der Waals surface area contributed by atoms with Gasteiger partial charge >= 0.3 is 0 Å². The number of Topliss-reactive ketones (excluding diaryl/α,β-unsaturated/α-hetero) is 1. The summed E-state index contributed by atoms with van der Waals surface area (Å²) in [5.74, 6) is 1.83. The fourth-order valence-corrected chi connectivity index (χ4v) is 4.90. The van der Waals surface area contributed by atoms with E-state index in [2.05, 4.69) is 36.2 Å². The highest BCUT2D eigenvalue weighted by Gasteiger charge is 2.44. The second-order valence-corrected chi connectivity index (χ2v) is 9.18. The number of halogens is 2. The summed E-state index contributed by atoms with van der Waals surface area (Å²) in [6.45, 7) is 1.90. The Morgan fingerprint density at radius 2 is 1.85 bits per heavy atom. The van der Waals surface area contributed by atoms with Crippen LogP contribution in [0.25, 0.3) is 0 Å². The molecule has 0 aliphatic heterocycles. The van der Waals surface area contributed by atoms with Crippen LogP contribution in [0.5, 0.6) is 0 Å². The van der Waals surface area contributed by atoms with Gasteiger partial charge in [-0.05, 0) is 43.1 Å². The third-order valence-electron chi connectivity index (χ3n) is 5.36. The molecule has 0 spiro atoms. The maximum atomic E-state index is 13.0. The monoisotopic (exact) mass is 421 g/mol. The summed E-state index contributed by atoms with van der Waals surface area (Å²) >= 11 is 13.9. The predicted octanol–water partition coefficient (Wildman–Crippen LogP) is 5.85. The molecule has 2 nitrogen and oxygen atoms in total. The summed E-state index contributed by atoms with van der Waals surface area (Å²) in [7, 11) is 2.12. The molecule has 0 atom stereocenters. The Hall–Kier alpha value is -1.00. The summed E-state index contributed by atoms with van der Waals surface area (Å²) in [6.07, 6.45) is 2.92. The maximum absolute atomic E-state index is 13.0. The van der Waals surface area contributed by atoms with Crippen molar-refractivity contribution < 1.29 is 4.79 Å². The smallest absolute Gasteiger partial charge is 0.153 e. The van der Waals surface area contributed by atoms with Crippen molar-refractivity contribution in [1.29, 1.82) is 0 Å². The SMILES string of the molecule is CN(CCSCC(=O)C1(c2ccc(Cl)c(Cl)c2)CCC1)Cc1ccccc1. The molecule has 0 heterocycles. The van der Waals surface area contributed by atoms with E-state index in [9.17, 15) is 4.79 Å². The van der Waals surface area contributed by atoms with Crippen LogP contribution in [0, 0.1) is 0 Å². The van der Waals surface area contributed by atoms with Crippen LogP contribution in [0.3, 0.4) is 0 Å². The van der Waals surface area contributed by atoms with Gasteiger partial charge in [-0.2, -0.15) is 11.8 Å². The quantitative estimate of drug-likeness (QED) is 0.473. The van der Waals surface area contributed by atoms with Gasteiger partial charge in [-0.15, -0.1) is 0 Å². The minimum atomic E-state index is -0.350. The van der Waals surface area contributed by atoms with E-state index in [0.29, 0.717) is 21.6 Å². The Labute approximate surface area is 176 Å². The van der Waals surface area contributed by atoms with Crippen LogP contribution in [0.4, 0.5) is 0 Å². The molecule has 1 aliphatic rings. The molecule has 0 N–H and O–H groups in total. The largest absolute Gasteiger partial charge is 0.301 e. The van der Waals surface area contributed by atoms with Crippen molar-refractivity contribution in [3.8, 4) is 0 Å². The minimum Gasteiger partial charge on any atom is -0.301 e. The van der Waals surface area contributed by atoms with E-state index in [1.54, 1.807) is 17.8 Å². The first-order chi connectivity index (χ1) is 13.0. The third kappa shape index (κ3) is 5.08. The molecule has 5 heteroatoms. The van der Waals surface area contributed by atoms with Gasteiger partial charge < -0.3 is 4.90 Å². The average Bonchev–Trinajstić information content (AvgIpc) is 2.61. The normalized spacial score (nSPS) is 15.6. The Bertz CT molecular complexity index is 777. The van der Waals surface area contributed by atoms with Gasteiger partial charge in [0.25, 0.3) is 0 Å². The lowest BCUT2D eigenvalue weighted by Gasteiger charge is -2.41. The molecule has 27 heavy (non-hydrogen) atoms. The lowest BCUT2D eigenvalue weighted by molar-refractivity contribution is -0.125. The number of ketones is 1. The lowest BCUT2D eigenvalue weighted by Crippen LogP contribution is -2.43. The molecule has 1 aliphatic carbocycles. The standard InChI is InChI=1S/C22H25Cl2NOS/c1-25(15-17-6-3-2-4-7-17)12-13-27-16-21(26)22(10-5-11-22)18-8-9-19(23)20(24)14-18/h2-4,6-9,14H,5,10-13,15-16H2,1H3. The van der Waals surface area contributed by atoms with Gasteiger partial charge in [-0.3, -0.25) is 4.79 Å². The summed E-state index contributed by atoms with van der Waals surface area (Å²) in [5, 5.41) is 1.07. The van der Waals surface area contributed by atoms with Gasteiger partial charge in [0.05, 0.1) is 21.2 Å². The summed E-state index contributed by atoms with van der Waals surface area (Å²) < 4.78 is 0. The first-order valence-corrected chi connectivity index (χ1v) is 11.2. The number of thioether (sulfide) groups is 1. The molecule has 0 unspecified atom stereocenters. The molecule has 2 aromatic carbocycles. The molecule has 0 amide bonds. The molecular weight excluding hydrogens is 397 g/mol. The van der Waals surface area contributed by atoms with Gasteiger partial charge in [0.1, 0.15) is 0 Å². The van der Waals surface area contributed by atoms with E-state index >= 15 is 0 Å². The summed E-state index contributed by atoms with van der Waals surface area (Å²) in [4.78, 5) is 15.3. The van der Waals surface area contributed by atoms with Crippen molar-refractivity contribution >= 4 is 40.7 Å². The Morgan fingerprint density at radius 3 is 2.48 bits per heavy atom. The second kappa shape index (κ2) is 9.47. The first kappa shape index (κ1) is 20.7. The predicted molar refractivity (Wildman–Crippen MR) is 117 cm³/mol. The van der Waals surface area contributed by atoms with Gasteiger partial charge in [-0.1, -0.05) is 66.0 Å². The molecule has 3 rings (SSSR count). The van der Waals surface area contributed by atoms with Crippen molar-refractivity contribution in [2.75, 3.05) is 25.1 Å². The van der Waals surface area contributed by atoms with Crippen LogP contribution < -0.4 is 0 Å². The van der Waals surface area contributed by atoms with Crippen LogP contribution in [0.2, 0.25) is 10.0 Å². The van der Waals surface area contributed by atoms with Crippen molar-refractivity contribution in [3.63, 3.8) is 0 Å². The fourth-order valence-electron chi connectivity index (χ4n) is 3.55. The van der Waals surface area contributed by atoms with Gasteiger partial charge in [0, 0.05) is 18.8 Å². The number of hydrogen-bond acceptors (Lipinski definition) is 3. The van der Waals surface area contributed by atoms with Crippen LogP contribution in [0.15, 0.2) is 48.5 Å². The van der Waals surface area contributed by atoms with Crippen LogP contribution >= 0.6 is 35.0 Å². The number of carbonyl (C=O) groups is 1. The molecule has 144 valence electrons. The van der Waals surface area contributed by atoms with Crippen molar-refractivity contribution in [1.82, 2.24) is 4.90 Å². The van der Waals surface area contributed by atoms with E-state index in [0.717, 1.165) is 43.7 Å². The van der Waals surface area contributed by atoms with E-state index in [4.69, 9.17) is 23.2 Å². The second-order valence-electron chi connectivity index (χ2n) is 7.26. The molecule has 1 fully saturated rings. The molecule has 0 aromatic heterocycles. The van der Waals surface area contributed by atoms with Gasteiger partial charge in [-0.25, -0.2) is 0 Å². The van der Waals surface area contributed by atoms with Crippen molar-refractivity contribution in [2.24, 2.45) is 0 Å².